The molecule has 0 bridgehead atoms. The largest absolute Gasteiger partial charge is 0.486 e. The van der Waals surface area contributed by atoms with Crippen LogP contribution in [-0.2, 0) is 0 Å². The smallest absolute Gasteiger partial charge is 0.214 e. The Labute approximate surface area is 181 Å². The van der Waals surface area contributed by atoms with E-state index >= 15 is 0 Å². The molecule has 0 saturated carbocycles. The number of rotatable bonds is 2. The van der Waals surface area contributed by atoms with Crippen LogP contribution < -0.4 is 14.2 Å². The van der Waals surface area contributed by atoms with Crippen molar-refractivity contribution in [3.63, 3.8) is 0 Å². The van der Waals surface area contributed by atoms with Crippen molar-refractivity contribution in [2.45, 2.75) is 32.5 Å². The fourth-order valence-corrected chi connectivity index (χ4v) is 4.66. The lowest BCUT2D eigenvalue weighted by molar-refractivity contribution is -0.0194. The average Bonchev–Trinajstić information content (AvgIpc) is 3.26. The topological polar surface area (TPSA) is 43.3 Å². The molecule has 0 amide bonds. The van der Waals surface area contributed by atoms with E-state index in [-0.39, 0.29) is 12.3 Å². The summed E-state index contributed by atoms with van der Waals surface area (Å²) in [7, 11) is 0. The van der Waals surface area contributed by atoms with Gasteiger partial charge in [0.1, 0.15) is 19.0 Å². The molecule has 0 aromatic heterocycles. The monoisotopic (exact) mass is 412 g/mol. The number of nitrogens with zero attached hydrogens (tertiary/aromatic N) is 2. The SMILES string of the molecule is Cc1ccc(C)c([C@H]2Oc3ccccc3[C@H]3CC(c4ccc5c(c4)OCCO5)=NN32)c1. The maximum Gasteiger partial charge on any atom is 0.214 e. The van der Waals surface area contributed by atoms with Crippen LogP contribution >= 0.6 is 0 Å². The lowest BCUT2D eigenvalue weighted by Crippen LogP contribution is -2.34. The van der Waals surface area contributed by atoms with E-state index < -0.39 is 0 Å². The van der Waals surface area contributed by atoms with Gasteiger partial charge in [0, 0.05) is 23.1 Å². The highest BCUT2D eigenvalue weighted by molar-refractivity contribution is 6.02. The lowest BCUT2D eigenvalue weighted by Gasteiger charge is -2.38. The molecule has 5 heteroatoms. The van der Waals surface area contributed by atoms with Gasteiger partial charge in [-0.2, -0.15) is 5.10 Å². The van der Waals surface area contributed by atoms with Crippen LogP contribution in [-0.4, -0.2) is 23.9 Å². The van der Waals surface area contributed by atoms with Crippen molar-refractivity contribution < 1.29 is 14.2 Å². The molecule has 0 saturated heterocycles. The Morgan fingerprint density at radius 3 is 2.58 bits per heavy atom. The van der Waals surface area contributed by atoms with E-state index in [4.69, 9.17) is 19.3 Å². The van der Waals surface area contributed by atoms with Gasteiger partial charge >= 0.3 is 0 Å². The molecule has 2 atom stereocenters. The van der Waals surface area contributed by atoms with Crippen LogP contribution in [0.3, 0.4) is 0 Å². The van der Waals surface area contributed by atoms with E-state index in [1.54, 1.807) is 0 Å². The van der Waals surface area contributed by atoms with Crippen molar-refractivity contribution in [2.75, 3.05) is 13.2 Å². The summed E-state index contributed by atoms with van der Waals surface area (Å²) in [5, 5.41) is 7.22. The second-order valence-electron chi connectivity index (χ2n) is 8.37. The zero-order valence-electron chi connectivity index (χ0n) is 17.7. The molecule has 0 radical (unpaired) electrons. The third kappa shape index (κ3) is 3.03. The standard InChI is InChI=1S/C26H24N2O3/c1-16-7-8-17(2)20(13-16)26-28-22(19-5-3-4-6-23(19)31-26)15-21(27-28)18-9-10-24-25(14-18)30-12-11-29-24/h3-10,13-14,22,26H,11-12,15H2,1-2H3/t22-,26-/m1/s1. The summed E-state index contributed by atoms with van der Waals surface area (Å²) in [5.74, 6) is 2.53. The quantitative estimate of drug-likeness (QED) is 0.572. The number of aryl methyl sites for hydroxylation is 2. The Morgan fingerprint density at radius 1 is 0.839 bits per heavy atom. The molecule has 3 aromatic rings. The molecular weight excluding hydrogens is 388 g/mol. The predicted octanol–water partition coefficient (Wildman–Crippen LogP) is 5.32. The average molecular weight is 412 g/mol. The van der Waals surface area contributed by atoms with Gasteiger partial charge in [0.25, 0.3) is 0 Å². The van der Waals surface area contributed by atoms with Gasteiger partial charge in [0.2, 0.25) is 6.23 Å². The number of hydrogen-bond donors (Lipinski definition) is 0. The molecule has 0 N–H and O–H groups in total. The maximum atomic E-state index is 6.52. The molecule has 0 spiro atoms. The molecule has 3 aliphatic heterocycles. The van der Waals surface area contributed by atoms with E-state index in [9.17, 15) is 0 Å². The fourth-order valence-electron chi connectivity index (χ4n) is 4.66. The van der Waals surface area contributed by atoms with E-state index in [2.05, 4.69) is 61.3 Å². The van der Waals surface area contributed by atoms with Crippen LogP contribution in [0.1, 0.15) is 46.5 Å². The van der Waals surface area contributed by atoms with Crippen molar-refractivity contribution in [1.82, 2.24) is 5.01 Å². The summed E-state index contributed by atoms with van der Waals surface area (Å²) in [4.78, 5) is 0. The number of hydrogen-bond acceptors (Lipinski definition) is 5. The highest BCUT2D eigenvalue weighted by atomic mass is 16.6. The number of benzene rings is 3. The van der Waals surface area contributed by atoms with Crippen LogP contribution in [0.15, 0.2) is 65.8 Å². The Morgan fingerprint density at radius 2 is 1.68 bits per heavy atom. The van der Waals surface area contributed by atoms with Gasteiger partial charge < -0.3 is 14.2 Å². The molecule has 156 valence electrons. The van der Waals surface area contributed by atoms with Gasteiger partial charge in [-0.05, 0) is 43.7 Å². The lowest BCUT2D eigenvalue weighted by atomic mass is 9.95. The Bertz CT molecular complexity index is 1200. The summed E-state index contributed by atoms with van der Waals surface area (Å²) < 4.78 is 18.0. The summed E-state index contributed by atoms with van der Waals surface area (Å²) in [6.45, 7) is 5.42. The van der Waals surface area contributed by atoms with Crippen LogP contribution in [0.25, 0.3) is 0 Å². The van der Waals surface area contributed by atoms with Gasteiger partial charge in [0.15, 0.2) is 11.5 Å². The van der Waals surface area contributed by atoms with Crippen molar-refractivity contribution in [1.29, 1.82) is 0 Å². The van der Waals surface area contributed by atoms with Crippen molar-refractivity contribution in [3.8, 4) is 17.2 Å². The Kier molecular flexibility index (Phi) is 4.16. The van der Waals surface area contributed by atoms with Crippen molar-refractivity contribution >= 4 is 5.71 Å². The van der Waals surface area contributed by atoms with Crippen molar-refractivity contribution in [2.24, 2.45) is 5.10 Å². The van der Waals surface area contributed by atoms with Gasteiger partial charge in [-0.3, -0.25) is 0 Å². The molecule has 0 aliphatic carbocycles. The van der Waals surface area contributed by atoms with Crippen molar-refractivity contribution in [3.05, 3.63) is 88.5 Å². The highest BCUT2D eigenvalue weighted by Crippen LogP contribution is 2.48. The van der Waals surface area contributed by atoms with Gasteiger partial charge in [-0.1, -0.05) is 42.0 Å². The normalized spacial score (nSPS) is 21.1. The number of fused-ring (bicyclic) bond motifs is 4. The van der Waals surface area contributed by atoms with E-state index in [0.29, 0.717) is 13.2 Å². The summed E-state index contributed by atoms with van der Waals surface area (Å²) in [6, 6.07) is 21.1. The van der Waals surface area contributed by atoms with Crippen LogP contribution in [0, 0.1) is 13.8 Å². The summed E-state index contributed by atoms with van der Waals surface area (Å²) >= 11 is 0. The van der Waals surface area contributed by atoms with E-state index in [1.165, 1.54) is 16.7 Å². The number of para-hydroxylation sites is 1. The number of hydrazone groups is 1. The van der Waals surface area contributed by atoms with Crippen LogP contribution in [0.4, 0.5) is 0 Å². The second-order valence-corrected chi connectivity index (χ2v) is 8.37. The molecule has 3 aliphatic rings. The Hall–Kier alpha value is -3.47. The zero-order chi connectivity index (χ0) is 20.9. The molecule has 3 heterocycles. The predicted molar refractivity (Wildman–Crippen MR) is 119 cm³/mol. The Balaban J connectivity index is 1.44. The zero-order valence-corrected chi connectivity index (χ0v) is 17.7. The van der Waals surface area contributed by atoms with Crippen LogP contribution in [0.2, 0.25) is 0 Å². The molecule has 0 fully saturated rings. The molecule has 5 nitrogen and oxygen atoms in total. The molecular formula is C26H24N2O3. The minimum absolute atomic E-state index is 0.137. The third-order valence-electron chi connectivity index (χ3n) is 6.28. The summed E-state index contributed by atoms with van der Waals surface area (Å²) in [6.07, 6.45) is 0.566. The highest BCUT2D eigenvalue weighted by Gasteiger charge is 2.41. The van der Waals surface area contributed by atoms with Gasteiger partial charge in [-0.15, -0.1) is 0 Å². The van der Waals surface area contributed by atoms with E-state index in [1.807, 2.05) is 18.2 Å². The van der Waals surface area contributed by atoms with E-state index in [0.717, 1.165) is 40.5 Å². The minimum Gasteiger partial charge on any atom is -0.486 e. The first kappa shape index (κ1) is 18.3. The molecule has 6 rings (SSSR count). The first-order valence-electron chi connectivity index (χ1n) is 10.8. The third-order valence-corrected chi connectivity index (χ3v) is 6.28. The molecule has 31 heavy (non-hydrogen) atoms. The van der Waals surface area contributed by atoms with Gasteiger partial charge in [0.05, 0.1) is 11.8 Å². The number of ether oxygens (including phenoxy) is 3. The molecule has 0 unspecified atom stereocenters. The minimum atomic E-state index is -0.255. The molecule has 3 aromatic carbocycles. The van der Waals surface area contributed by atoms with Crippen LogP contribution in [0.5, 0.6) is 17.2 Å². The maximum absolute atomic E-state index is 6.52. The first-order valence-corrected chi connectivity index (χ1v) is 10.8. The first-order chi connectivity index (χ1) is 15.2. The fraction of sp³-hybridized carbons (Fsp3) is 0.269. The summed E-state index contributed by atoms with van der Waals surface area (Å²) in [5.41, 5.74) is 6.87. The van der Waals surface area contributed by atoms with Gasteiger partial charge in [-0.25, -0.2) is 5.01 Å². The second kappa shape index (κ2) is 7.05.